The van der Waals surface area contributed by atoms with Gasteiger partial charge in [-0.25, -0.2) is 0 Å². The smallest absolute Gasteiger partial charge is 0.0715 e. The van der Waals surface area contributed by atoms with Crippen molar-refractivity contribution in [2.45, 2.75) is 45.7 Å². The number of piperazine rings is 1. The number of nitrogens with one attached hydrogen (secondary N) is 1. The van der Waals surface area contributed by atoms with Crippen LogP contribution in [0.1, 0.15) is 33.6 Å². The first-order valence-corrected chi connectivity index (χ1v) is 6.13. The first-order valence-electron chi connectivity index (χ1n) is 6.13. The average molecular weight is 208 g/mol. The van der Waals surface area contributed by atoms with E-state index in [9.17, 15) is 0 Å². The van der Waals surface area contributed by atoms with E-state index in [1.54, 1.807) is 0 Å². The molecule has 0 aliphatic carbocycles. The average Bonchev–Trinajstić information content (AvgIpc) is 2.26. The van der Waals surface area contributed by atoms with E-state index in [1.165, 1.54) is 6.42 Å². The van der Waals surface area contributed by atoms with Crippen LogP contribution in [-0.4, -0.2) is 36.6 Å². The Labute approximate surface area is 94.4 Å². The van der Waals surface area contributed by atoms with Gasteiger partial charge in [-0.05, 0) is 12.3 Å². The summed E-state index contributed by atoms with van der Waals surface area (Å²) >= 11 is 0. The minimum Gasteiger partial charge on any atom is -0.314 e. The Kier molecular flexibility index (Phi) is 5.14. The Hall–Kier alpha value is -0.520. The molecule has 0 aromatic carbocycles. The van der Waals surface area contributed by atoms with Gasteiger partial charge < -0.3 is 5.32 Å². The fourth-order valence-electron chi connectivity index (χ4n) is 2.37. The molecule has 1 rings (SSSR count). The first kappa shape index (κ1) is 12.5. The molecule has 0 bridgehead atoms. The van der Waals surface area contributed by atoms with Gasteiger partial charge in [-0.2, -0.15) is 0 Å². The van der Waals surface area contributed by atoms with Crippen molar-refractivity contribution in [2.24, 2.45) is 5.92 Å². The fourth-order valence-corrected chi connectivity index (χ4v) is 2.37. The van der Waals surface area contributed by atoms with Crippen LogP contribution in [0.5, 0.6) is 0 Å². The normalized spacial score (nSPS) is 25.1. The second-order valence-electron chi connectivity index (χ2n) is 4.72. The molecule has 0 spiro atoms. The summed E-state index contributed by atoms with van der Waals surface area (Å²) in [6, 6.07) is 0.941. The van der Waals surface area contributed by atoms with Gasteiger partial charge in [0.05, 0.1) is 6.04 Å². The van der Waals surface area contributed by atoms with Crippen LogP contribution in [0.25, 0.3) is 0 Å². The third-order valence-electron chi connectivity index (χ3n) is 3.25. The summed E-state index contributed by atoms with van der Waals surface area (Å²) < 4.78 is 0. The van der Waals surface area contributed by atoms with E-state index in [4.69, 9.17) is 6.42 Å². The summed E-state index contributed by atoms with van der Waals surface area (Å²) in [5.74, 6) is 3.63. The van der Waals surface area contributed by atoms with Crippen molar-refractivity contribution in [3.05, 3.63) is 0 Å². The summed E-state index contributed by atoms with van der Waals surface area (Å²) in [6.45, 7) is 10.0. The van der Waals surface area contributed by atoms with Gasteiger partial charge in [-0.3, -0.25) is 4.90 Å². The zero-order chi connectivity index (χ0) is 11.3. The van der Waals surface area contributed by atoms with E-state index in [0.717, 1.165) is 26.1 Å². The standard InChI is InChI=1S/C13H24N2/c1-5-7-12(6-2)15-9-8-14-10-13(15)11(3)4/h2,11-14H,5,7-10H2,1,3-4H3. The lowest BCUT2D eigenvalue weighted by atomic mass is 9.97. The highest BCUT2D eigenvalue weighted by molar-refractivity contribution is 5.03. The molecule has 0 aromatic rings. The van der Waals surface area contributed by atoms with Crippen LogP contribution in [0, 0.1) is 18.3 Å². The van der Waals surface area contributed by atoms with Gasteiger partial charge in [-0.15, -0.1) is 6.42 Å². The van der Waals surface area contributed by atoms with Crippen molar-refractivity contribution in [3.63, 3.8) is 0 Å². The van der Waals surface area contributed by atoms with Crippen LogP contribution in [-0.2, 0) is 0 Å². The molecule has 86 valence electrons. The van der Waals surface area contributed by atoms with Crippen LogP contribution < -0.4 is 5.32 Å². The van der Waals surface area contributed by atoms with Crippen LogP contribution >= 0.6 is 0 Å². The maximum absolute atomic E-state index is 5.64. The molecule has 1 N–H and O–H groups in total. The molecular weight excluding hydrogens is 184 g/mol. The molecule has 1 saturated heterocycles. The van der Waals surface area contributed by atoms with Gasteiger partial charge >= 0.3 is 0 Å². The monoisotopic (exact) mass is 208 g/mol. The molecule has 1 aliphatic heterocycles. The minimum atomic E-state index is 0.338. The van der Waals surface area contributed by atoms with Gasteiger partial charge in [0.1, 0.15) is 0 Å². The summed E-state index contributed by atoms with van der Waals surface area (Å²) in [4.78, 5) is 2.52. The molecule has 1 aliphatic rings. The Balaban J connectivity index is 2.66. The highest BCUT2D eigenvalue weighted by atomic mass is 15.2. The quantitative estimate of drug-likeness (QED) is 0.708. The summed E-state index contributed by atoms with van der Waals surface area (Å²) in [5, 5.41) is 3.46. The van der Waals surface area contributed by atoms with Crippen molar-refractivity contribution in [1.82, 2.24) is 10.2 Å². The van der Waals surface area contributed by atoms with Crippen molar-refractivity contribution < 1.29 is 0 Å². The van der Waals surface area contributed by atoms with Crippen molar-refractivity contribution >= 4 is 0 Å². The minimum absolute atomic E-state index is 0.338. The lowest BCUT2D eigenvalue weighted by Gasteiger charge is -2.41. The predicted molar refractivity (Wildman–Crippen MR) is 65.7 cm³/mol. The summed E-state index contributed by atoms with van der Waals surface area (Å²) in [7, 11) is 0. The van der Waals surface area contributed by atoms with E-state index in [2.05, 4.69) is 36.9 Å². The highest BCUT2D eigenvalue weighted by Gasteiger charge is 2.28. The number of rotatable bonds is 4. The Morgan fingerprint density at radius 2 is 2.27 bits per heavy atom. The van der Waals surface area contributed by atoms with E-state index in [1.807, 2.05) is 0 Å². The van der Waals surface area contributed by atoms with Crippen molar-refractivity contribution in [2.75, 3.05) is 19.6 Å². The van der Waals surface area contributed by atoms with Crippen LogP contribution in [0.2, 0.25) is 0 Å². The molecule has 0 aromatic heterocycles. The molecule has 1 fully saturated rings. The third kappa shape index (κ3) is 3.22. The molecular formula is C13H24N2. The van der Waals surface area contributed by atoms with E-state index in [-0.39, 0.29) is 0 Å². The number of terminal acetylenes is 1. The van der Waals surface area contributed by atoms with Gasteiger partial charge in [-0.1, -0.05) is 33.1 Å². The Morgan fingerprint density at radius 3 is 2.80 bits per heavy atom. The molecule has 0 amide bonds. The molecule has 2 atom stereocenters. The van der Waals surface area contributed by atoms with Crippen LogP contribution in [0.4, 0.5) is 0 Å². The fraction of sp³-hybridized carbons (Fsp3) is 0.846. The van der Waals surface area contributed by atoms with Gasteiger partial charge in [0, 0.05) is 25.7 Å². The second kappa shape index (κ2) is 6.15. The number of hydrogen-bond acceptors (Lipinski definition) is 2. The molecule has 2 heteroatoms. The van der Waals surface area contributed by atoms with E-state index < -0.39 is 0 Å². The third-order valence-corrected chi connectivity index (χ3v) is 3.25. The lowest BCUT2D eigenvalue weighted by molar-refractivity contribution is 0.0962. The molecule has 15 heavy (non-hydrogen) atoms. The van der Waals surface area contributed by atoms with E-state index in [0.29, 0.717) is 18.0 Å². The SMILES string of the molecule is C#CC(CCC)N1CCNCC1C(C)C. The molecule has 0 radical (unpaired) electrons. The maximum Gasteiger partial charge on any atom is 0.0715 e. The maximum atomic E-state index is 5.64. The largest absolute Gasteiger partial charge is 0.314 e. The molecule has 1 heterocycles. The predicted octanol–water partition coefficient (Wildman–Crippen LogP) is 1.72. The van der Waals surface area contributed by atoms with Gasteiger partial charge in [0.2, 0.25) is 0 Å². The van der Waals surface area contributed by atoms with Crippen molar-refractivity contribution in [1.29, 1.82) is 0 Å². The second-order valence-corrected chi connectivity index (χ2v) is 4.72. The first-order chi connectivity index (χ1) is 7.20. The topological polar surface area (TPSA) is 15.3 Å². The highest BCUT2D eigenvalue weighted by Crippen LogP contribution is 2.18. The molecule has 2 unspecified atom stereocenters. The van der Waals surface area contributed by atoms with Crippen LogP contribution in [0.3, 0.4) is 0 Å². The van der Waals surface area contributed by atoms with Gasteiger partial charge in [0.25, 0.3) is 0 Å². The van der Waals surface area contributed by atoms with Gasteiger partial charge in [0.15, 0.2) is 0 Å². The lowest BCUT2D eigenvalue weighted by Crippen LogP contribution is -2.56. The Bertz CT molecular complexity index is 217. The number of nitrogens with zero attached hydrogens (tertiary/aromatic N) is 1. The Morgan fingerprint density at radius 1 is 1.53 bits per heavy atom. The zero-order valence-corrected chi connectivity index (χ0v) is 10.3. The number of hydrogen-bond donors (Lipinski definition) is 1. The molecule has 0 saturated carbocycles. The zero-order valence-electron chi connectivity index (χ0n) is 10.3. The molecule has 2 nitrogen and oxygen atoms in total. The van der Waals surface area contributed by atoms with E-state index >= 15 is 0 Å². The summed E-state index contributed by atoms with van der Waals surface area (Å²) in [5.41, 5.74) is 0. The van der Waals surface area contributed by atoms with Crippen molar-refractivity contribution in [3.8, 4) is 12.3 Å². The van der Waals surface area contributed by atoms with Crippen LogP contribution in [0.15, 0.2) is 0 Å². The summed E-state index contributed by atoms with van der Waals surface area (Å²) in [6.07, 6.45) is 7.93.